The van der Waals surface area contributed by atoms with Crippen molar-refractivity contribution in [2.75, 3.05) is 5.32 Å². The van der Waals surface area contributed by atoms with Crippen molar-refractivity contribution < 1.29 is 9.90 Å². The number of carboxylic acids is 1. The molecule has 0 amide bonds. The fourth-order valence-electron chi connectivity index (χ4n) is 1.71. The van der Waals surface area contributed by atoms with Crippen molar-refractivity contribution in [1.29, 1.82) is 0 Å². The monoisotopic (exact) mass is 276 g/mol. The molecule has 0 atom stereocenters. The summed E-state index contributed by atoms with van der Waals surface area (Å²) in [7, 11) is 0. The van der Waals surface area contributed by atoms with E-state index in [1.807, 2.05) is 19.1 Å². The van der Waals surface area contributed by atoms with Crippen molar-refractivity contribution in [3.63, 3.8) is 0 Å². The second kappa shape index (κ2) is 5.71. The first-order chi connectivity index (χ1) is 9.06. The van der Waals surface area contributed by atoms with Gasteiger partial charge in [-0.25, -0.2) is 9.78 Å². The van der Waals surface area contributed by atoms with Crippen molar-refractivity contribution in [1.82, 2.24) is 4.98 Å². The molecule has 19 heavy (non-hydrogen) atoms. The summed E-state index contributed by atoms with van der Waals surface area (Å²) >= 11 is 5.88. The van der Waals surface area contributed by atoms with Crippen molar-refractivity contribution in [3.05, 3.63) is 58.4 Å². The first kappa shape index (κ1) is 13.4. The van der Waals surface area contributed by atoms with E-state index in [0.29, 0.717) is 17.3 Å². The van der Waals surface area contributed by atoms with Crippen molar-refractivity contribution in [2.45, 2.75) is 13.5 Å². The lowest BCUT2D eigenvalue weighted by atomic mass is 10.2. The zero-order valence-corrected chi connectivity index (χ0v) is 11.1. The highest BCUT2D eigenvalue weighted by atomic mass is 35.5. The summed E-state index contributed by atoms with van der Waals surface area (Å²) < 4.78 is 0. The maximum atomic E-state index is 10.8. The molecular weight excluding hydrogens is 264 g/mol. The molecule has 0 bridgehead atoms. The quantitative estimate of drug-likeness (QED) is 0.899. The summed E-state index contributed by atoms with van der Waals surface area (Å²) in [5.74, 6) is -1.02. The standard InChI is InChI=1S/C14H13ClN2O2/c1-9-7-10(15)5-6-12(9)16-8-11-3-2-4-13(17-11)14(18)19/h2-7,16H,8H2,1H3,(H,18,19). The third kappa shape index (κ3) is 3.45. The minimum absolute atomic E-state index is 0.0483. The fraction of sp³-hybridized carbons (Fsp3) is 0.143. The van der Waals surface area contributed by atoms with E-state index in [0.717, 1.165) is 11.3 Å². The second-order valence-electron chi connectivity index (χ2n) is 4.13. The number of nitrogens with one attached hydrogen (secondary N) is 1. The molecule has 1 aromatic heterocycles. The Morgan fingerprint density at radius 3 is 2.84 bits per heavy atom. The lowest BCUT2D eigenvalue weighted by Gasteiger charge is -2.09. The minimum atomic E-state index is -1.02. The molecule has 0 fully saturated rings. The highest BCUT2D eigenvalue weighted by Gasteiger charge is 2.05. The van der Waals surface area contributed by atoms with Crippen LogP contribution in [0.4, 0.5) is 5.69 Å². The van der Waals surface area contributed by atoms with Gasteiger partial charge >= 0.3 is 5.97 Å². The van der Waals surface area contributed by atoms with E-state index in [9.17, 15) is 4.79 Å². The first-order valence-electron chi connectivity index (χ1n) is 5.75. The zero-order valence-electron chi connectivity index (χ0n) is 10.4. The highest BCUT2D eigenvalue weighted by Crippen LogP contribution is 2.20. The maximum Gasteiger partial charge on any atom is 0.354 e. The van der Waals surface area contributed by atoms with Crippen LogP contribution in [-0.4, -0.2) is 16.1 Å². The van der Waals surface area contributed by atoms with Crippen LogP contribution in [0.5, 0.6) is 0 Å². The SMILES string of the molecule is Cc1cc(Cl)ccc1NCc1cccc(C(=O)O)n1. The number of aromatic nitrogens is 1. The minimum Gasteiger partial charge on any atom is -0.477 e. The van der Waals surface area contributed by atoms with Gasteiger partial charge < -0.3 is 10.4 Å². The zero-order chi connectivity index (χ0) is 13.8. The molecule has 0 aliphatic carbocycles. The van der Waals surface area contributed by atoms with Crippen LogP contribution in [0, 0.1) is 6.92 Å². The number of pyridine rings is 1. The van der Waals surface area contributed by atoms with Crippen LogP contribution in [0.25, 0.3) is 0 Å². The Morgan fingerprint density at radius 1 is 1.37 bits per heavy atom. The normalized spacial score (nSPS) is 10.2. The maximum absolute atomic E-state index is 10.8. The number of nitrogens with zero attached hydrogens (tertiary/aromatic N) is 1. The van der Waals surface area contributed by atoms with E-state index in [2.05, 4.69) is 10.3 Å². The van der Waals surface area contributed by atoms with Crippen molar-refractivity contribution in [2.24, 2.45) is 0 Å². The van der Waals surface area contributed by atoms with Gasteiger partial charge in [0.1, 0.15) is 5.69 Å². The van der Waals surface area contributed by atoms with Crippen molar-refractivity contribution >= 4 is 23.3 Å². The van der Waals surface area contributed by atoms with Crippen LogP contribution in [-0.2, 0) is 6.54 Å². The van der Waals surface area contributed by atoms with Gasteiger partial charge in [0.25, 0.3) is 0 Å². The Kier molecular flexibility index (Phi) is 4.02. The number of aromatic carboxylic acids is 1. The predicted molar refractivity (Wildman–Crippen MR) is 74.7 cm³/mol. The molecule has 1 heterocycles. The summed E-state index contributed by atoms with van der Waals surface area (Å²) in [6.45, 7) is 2.42. The smallest absolute Gasteiger partial charge is 0.354 e. The molecule has 0 saturated carbocycles. The van der Waals surface area contributed by atoms with Crippen LogP contribution in [0.3, 0.4) is 0 Å². The van der Waals surface area contributed by atoms with Crippen LogP contribution in [0.15, 0.2) is 36.4 Å². The number of aryl methyl sites for hydroxylation is 1. The van der Waals surface area contributed by atoms with Gasteiger partial charge in [-0.3, -0.25) is 0 Å². The fourth-order valence-corrected chi connectivity index (χ4v) is 1.94. The molecule has 2 aromatic rings. The number of anilines is 1. The lowest BCUT2D eigenvalue weighted by Crippen LogP contribution is -2.07. The van der Waals surface area contributed by atoms with Gasteiger partial charge in [0.05, 0.1) is 12.2 Å². The van der Waals surface area contributed by atoms with E-state index < -0.39 is 5.97 Å². The van der Waals surface area contributed by atoms with Gasteiger partial charge in [-0.2, -0.15) is 0 Å². The number of halogens is 1. The van der Waals surface area contributed by atoms with E-state index >= 15 is 0 Å². The number of carboxylic acid groups (broad SMARTS) is 1. The molecule has 1 aromatic carbocycles. The molecule has 5 heteroatoms. The van der Waals surface area contributed by atoms with Gasteiger partial charge in [-0.15, -0.1) is 0 Å². The molecule has 0 unspecified atom stereocenters. The number of rotatable bonds is 4. The van der Waals surface area contributed by atoms with Gasteiger partial charge in [0.15, 0.2) is 0 Å². The third-order valence-electron chi connectivity index (χ3n) is 2.67. The Labute approximate surface area is 116 Å². The van der Waals surface area contributed by atoms with E-state index in [-0.39, 0.29) is 5.69 Å². The number of benzene rings is 1. The predicted octanol–water partition coefficient (Wildman–Crippen LogP) is 3.35. The largest absolute Gasteiger partial charge is 0.477 e. The summed E-state index contributed by atoms with van der Waals surface area (Å²) in [4.78, 5) is 14.9. The Bertz CT molecular complexity index is 614. The van der Waals surface area contributed by atoms with Crippen LogP contribution in [0.1, 0.15) is 21.7 Å². The van der Waals surface area contributed by atoms with Gasteiger partial charge in [0, 0.05) is 10.7 Å². The van der Waals surface area contributed by atoms with Crippen molar-refractivity contribution in [3.8, 4) is 0 Å². The summed E-state index contributed by atoms with van der Waals surface area (Å²) in [6, 6.07) is 10.5. The van der Waals surface area contributed by atoms with Crippen LogP contribution in [0.2, 0.25) is 5.02 Å². The average molecular weight is 277 g/mol. The molecule has 0 aliphatic heterocycles. The van der Waals surface area contributed by atoms with Gasteiger partial charge in [-0.1, -0.05) is 17.7 Å². The number of carbonyl (C=O) groups is 1. The summed E-state index contributed by atoms with van der Waals surface area (Å²) in [5, 5.41) is 12.8. The second-order valence-corrected chi connectivity index (χ2v) is 4.57. The van der Waals surface area contributed by atoms with E-state index in [4.69, 9.17) is 16.7 Å². The highest BCUT2D eigenvalue weighted by molar-refractivity contribution is 6.30. The summed E-state index contributed by atoms with van der Waals surface area (Å²) in [5.41, 5.74) is 2.70. The Morgan fingerprint density at radius 2 is 2.16 bits per heavy atom. The van der Waals surface area contributed by atoms with Crippen LogP contribution >= 0.6 is 11.6 Å². The average Bonchev–Trinajstić information content (AvgIpc) is 2.38. The molecule has 0 radical (unpaired) electrons. The number of hydrogen-bond acceptors (Lipinski definition) is 3. The van der Waals surface area contributed by atoms with E-state index in [1.165, 1.54) is 6.07 Å². The van der Waals surface area contributed by atoms with Gasteiger partial charge in [-0.05, 0) is 42.8 Å². The number of hydrogen-bond donors (Lipinski definition) is 2. The molecule has 2 N–H and O–H groups in total. The molecule has 0 saturated heterocycles. The molecule has 4 nitrogen and oxygen atoms in total. The molecule has 2 rings (SSSR count). The summed E-state index contributed by atoms with van der Waals surface area (Å²) in [6.07, 6.45) is 0. The first-order valence-corrected chi connectivity index (χ1v) is 6.13. The van der Waals surface area contributed by atoms with E-state index in [1.54, 1.807) is 18.2 Å². The Balaban J connectivity index is 2.10. The lowest BCUT2D eigenvalue weighted by molar-refractivity contribution is 0.0690. The molecule has 0 aliphatic rings. The third-order valence-corrected chi connectivity index (χ3v) is 2.91. The topological polar surface area (TPSA) is 62.2 Å². The molecule has 0 spiro atoms. The Hall–Kier alpha value is -2.07. The van der Waals surface area contributed by atoms with Crippen LogP contribution < -0.4 is 5.32 Å². The molecule has 98 valence electrons. The molecular formula is C14H13ClN2O2. The van der Waals surface area contributed by atoms with Gasteiger partial charge in [0.2, 0.25) is 0 Å².